The summed E-state index contributed by atoms with van der Waals surface area (Å²) in [6.45, 7) is 9.10. The van der Waals surface area contributed by atoms with Crippen LogP contribution in [0.5, 0.6) is 5.75 Å². The Morgan fingerprint density at radius 2 is 1.39 bits per heavy atom. The van der Waals surface area contributed by atoms with E-state index >= 15 is 0 Å². The van der Waals surface area contributed by atoms with E-state index in [9.17, 15) is 14.4 Å². The van der Waals surface area contributed by atoms with E-state index in [2.05, 4.69) is 5.10 Å². The quantitative estimate of drug-likeness (QED) is 0.523. The molecule has 0 radical (unpaired) electrons. The topological polar surface area (TPSA) is 111 Å². The van der Waals surface area contributed by atoms with Gasteiger partial charge in [0.25, 0.3) is 11.8 Å². The molecule has 38 heavy (non-hydrogen) atoms. The molecule has 2 N–H and O–H groups in total. The number of piperidine rings is 1. The highest BCUT2D eigenvalue weighted by molar-refractivity contribution is 6.09. The Morgan fingerprint density at radius 1 is 0.816 bits per heavy atom. The summed E-state index contributed by atoms with van der Waals surface area (Å²) in [5.74, 6) is -0.139. The Hall–Kier alpha value is -4.14. The number of carbonyl (C=O) groups is 3. The van der Waals surface area contributed by atoms with Gasteiger partial charge >= 0.3 is 0 Å². The van der Waals surface area contributed by atoms with Gasteiger partial charge in [-0.3, -0.25) is 14.4 Å². The first-order valence-electron chi connectivity index (χ1n) is 13.3. The zero-order valence-electron chi connectivity index (χ0n) is 22.9. The highest BCUT2D eigenvalue weighted by Crippen LogP contribution is 2.31. The van der Waals surface area contributed by atoms with E-state index in [4.69, 9.17) is 10.5 Å². The van der Waals surface area contributed by atoms with Gasteiger partial charge in [-0.2, -0.15) is 5.10 Å². The minimum absolute atomic E-state index is 0.109. The van der Waals surface area contributed by atoms with Gasteiger partial charge in [0.2, 0.25) is 5.91 Å². The second-order valence-electron chi connectivity index (χ2n) is 8.38. The molecule has 0 atom stereocenters. The molecular formula is C29H37N5O4. The first kappa shape index (κ1) is 28.4. The number of carbonyl (C=O) groups excluding carboxylic acids is 3. The average Bonchev–Trinajstić information content (AvgIpc) is 3.37. The smallest absolute Gasteiger partial charge is 0.277 e. The lowest BCUT2D eigenvalue weighted by atomic mass is 10.0. The summed E-state index contributed by atoms with van der Waals surface area (Å²) in [7, 11) is 1.57. The van der Waals surface area contributed by atoms with Crippen LogP contribution in [-0.4, -0.2) is 47.7 Å². The molecule has 3 aromatic rings. The molecule has 2 aliphatic heterocycles. The third kappa shape index (κ3) is 5.56. The van der Waals surface area contributed by atoms with Crippen LogP contribution in [0.4, 0.5) is 11.4 Å². The van der Waals surface area contributed by atoms with Crippen molar-refractivity contribution >= 4 is 29.1 Å². The predicted molar refractivity (Wildman–Crippen MR) is 149 cm³/mol. The number of nitrogens with zero attached hydrogens (tertiary/aromatic N) is 4. The molecule has 1 fully saturated rings. The average molecular weight is 520 g/mol. The summed E-state index contributed by atoms with van der Waals surface area (Å²) in [5.41, 5.74) is 8.73. The second-order valence-corrected chi connectivity index (χ2v) is 8.38. The van der Waals surface area contributed by atoms with Crippen molar-refractivity contribution < 1.29 is 19.1 Å². The number of amides is 3. The summed E-state index contributed by atoms with van der Waals surface area (Å²) in [6.07, 6.45) is 2.92. The molecule has 202 valence electrons. The summed E-state index contributed by atoms with van der Waals surface area (Å²) >= 11 is 0. The van der Waals surface area contributed by atoms with Gasteiger partial charge in [0, 0.05) is 36.4 Å². The lowest BCUT2D eigenvalue weighted by Gasteiger charge is -2.29. The van der Waals surface area contributed by atoms with Crippen LogP contribution >= 0.6 is 0 Å². The fraction of sp³-hybridized carbons (Fsp3) is 0.379. The van der Waals surface area contributed by atoms with Gasteiger partial charge < -0.3 is 20.3 Å². The van der Waals surface area contributed by atoms with Gasteiger partial charge in [0.15, 0.2) is 5.69 Å². The van der Waals surface area contributed by atoms with E-state index in [1.165, 1.54) is 4.68 Å². The van der Waals surface area contributed by atoms with Crippen LogP contribution in [0.2, 0.25) is 0 Å². The minimum atomic E-state index is -0.666. The predicted octanol–water partition coefficient (Wildman–Crippen LogP) is 4.75. The number of hydrogen-bond donors (Lipinski definition) is 1. The van der Waals surface area contributed by atoms with Crippen LogP contribution < -0.4 is 20.3 Å². The van der Waals surface area contributed by atoms with Crippen molar-refractivity contribution in [2.24, 2.45) is 5.73 Å². The van der Waals surface area contributed by atoms with Crippen molar-refractivity contribution in [3.05, 3.63) is 65.5 Å². The van der Waals surface area contributed by atoms with Crippen LogP contribution in [0.1, 0.15) is 73.5 Å². The number of fused-ring (bicyclic) bond motifs is 1. The summed E-state index contributed by atoms with van der Waals surface area (Å²) in [6, 6.07) is 14.5. The second kappa shape index (κ2) is 12.9. The van der Waals surface area contributed by atoms with Crippen molar-refractivity contribution in [2.45, 2.75) is 53.4 Å². The van der Waals surface area contributed by atoms with Crippen LogP contribution in [0.3, 0.4) is 0 Å². The number of rotatable bonds is 5. The van der Waals surface area contributed by atoms with Crippen LogP contribution in [0, 0.1) is 0 Å². The number of aromatic nitrogens is 2. The van der Waals surface area contributed by atoms with Gasteiger partial charge in [-0.25, -0.2) is 4.68 Å². The fourth-order valence-electron chi connectivity index (χ4n) is 4.61. The van der Waals surface area contributed by atoms with E-state index in [0.29, 0.717) is 54.3 Å². The Bertz CT molecular complexity index is 1270. The maximum Gasteiger partial charge on any atom is 0.277 e. The largest absolute Gasteiger partial charge is 0.497 e. The molecule has 9 heteroatoms. The van der Waals surface area contributed by atoms with E-state index in [0.717, 1.165) is 18.5 Å². The van der Waals surface area contributed by atoms with Gasteiger partial charge in [-0.15, -0.1) is 0 Å². The fourth-order valence-corrected chi connectivity index (χ4v) is 4.61. The number of ether oxygens (including phenoxy) is 1. The number of methoxy groups -OCH3 is 1. The molecular weight excluding hydrogens is 482 g/mol. The molecule has 0 bridgehead atoms. The molecule has 0 unspecified atom stereocenters. The molecule has 2 aromatic carbocycles. The van der Waals surface area contributed by atoms with Crippen molar-refractivity contribution in [3.63, 3.8) is 0 Å². The molecule has 9 nitrogen and oxygen atoms in total. The van der Waals surface area contributed by atoms with Gasteiger partial charge in [0.05, 0.1) is 12.8 Å². The normalized spacial score (nSPS) is 14.6. The summed E-state index contributed by atoms with van der Waals surface area (Å²) in [5, 5.41) is 4.39. The molecule has 0 aliphatic carbocycles. The highest BCUT2D eigenvalue weighted by atomic mass is 16.5. The molecule has 2 aliphatic rings. The van der Waals surface area contributed by atoms with Crippen molar-refractivity contribution in [1.82, 2.24) is 9.78 Å². The molecule has 3 heterocycles. The maximum absolute atomic E-state index is 13.6. The monoisotopic (exact) mass is 519 g/mol. The standard InChI is InChI=1S/C25H25N5O4.2C2H6/c1-34-19-11-9-18(10-12-19)30-23-20(22(27-30)24(26)32)13-15-29(25(23)33)17-7-5-16(6-8-17)28-14-3-2-4-21(28)31;2*1-2/h5-12H,2-4,13-15H2,1H3,(H2,26,32);2*1-2H3. The lowest BCUT2D eigenvalue weighted by molar-refractivity contribution is -0.119. The Balaban J connectivity index is 0.000000956. The van der Waals surface area contributed by atoms with E-state index in [-0.39, 0.29) is 17.5 Å². The van der Waals surface area contributed by atoms with Crippen molar-refractivity contribution in [3.8, 4) is 11.4 Å². The third-order valence-corrected chi connectivity index (χ3v) is 6.36. The molecule has 0 saturated carbocycles. The Labute approximate surface area is 224 Å². The van der Waals surface area contributed by atoms with Gasteiger partial charge in [-0.05, 0) is 67.8 Å². The van der Waals surface area contributed by atoms with Crippen molar-refractivity contribution in [2.75, 3.05) is 30.0 Å². The minimum Gasteiger partial charge on any atom is -0.497 e. The maximum atomic E-state index is 13.6. The number of hydrogen-bond acceptors (Lipinski definition) is 5. The van der Waals surface area contributed by atoms with Crippen molar-refractivity contribution in [1.29, 1.82) is 0 Å². The Morgan fingerprint density at radius 3 is 1.95 bits per heavy atom. The first-order valence-corrected chi connectivity index (χ1v) is 13.3. The first-order chi connectivity index (χ1) is 18.5. The summed E-state index contributed by atoms with van der Waals surface area (Å²) in [4.78, 5) is 41.4. The van der Waals surface area contributed by atoms with Gasteiger partial charge in [-0.1, -0.05) is 27.7 Å². The van der Waals surface area contributed by atoms with Crippen LogP contribution in [0.15, 0.2) is 48.5 Å². The zero-order valence-corrected chi connectivity index (χ0v) is 22.9. The molecule has 1 saturated heterocycles. The number of nitrogens with two attached hydrogens (primary N) is 1. The molecule has 1 aromatic heterocycles. The Kier molecular flexibility index (Phi) is 9.65. The van der Waals surface area contributed by atoms with E-state index in [1.807, 2.05) is 52.0 Å². The van der Waals surface area contributed by atoms with E-state index in [1.54, 1.807) is 41.2 Å². The highest BCUT2D eigenvalue weighted by Gasteiger charge is 2.34. The third-order valence-electron chi connectivity index (χ3n) is 6.36. The number of primary amides is 1. The molecule has 3 amide bonds. The number of anilines is 2. The number of benzene rings is 2. The van der Waals surface area contributed by atoms with Crippen LogP contribution in [-0.2, 0) is 11.2 Å². The van der Waals surface area contributed by atoms with Crippen LogP contribution in [0.25, 0.3) is 5.69 Å². The lowest BCUT2D eigenvalue weighted by Crippen LogP contribution is -2.39. The summed E-state index contributed by atoms with van der Waals surface area (Å²) < 4.78 is 6.69. The molecule has 0 spiro atoms. The van der Waals surface area contributed by atoms with E-state index < -0.39 is 5.91 Å². The SMILES string of the molecule is CC.CC.COc1ccc(-n2nc(C(N)=O)c3c2C(=O)N(c2ccc(N4CCCCC4=O)cc2)CC3)cc1. The molecule has 5 rings (SSSR count). The van der Waals surface area contributed by atoms with Gasteiger partial charge in [0.1, 0.15) is 11.4 Å². The zero-order chi connectivity index (χ0) is 27.8.